The Bertz CT molecular complexity index is 355. The highest BCUT2D eigenvalue weighted by atomic mass is 19.4. The molecule has 0 aromatic heterocycles. The molecule has 8 heteroatoms. The lowest BCUT2D eigenvalue weighted by Gasteiger charge is -2.28. The van der Waals surface area contributed by atoms with E-state index in [1.54, 1.807) is 0 Å². The number of carboxylic acids is 1. The van der Waals surface area contributed by atoms with Crippen LogP contribution in [0.5, 0.6) is 0 Å². The molecular weight excluding hydrogens is 289 g/mol. The first kappa shape index (κ1) is 17.6. The van der Waals surface area contributed by atoms with Gasteiger partial charge >= 0.3 is 18.2 Å². The van der Waals surface area contributed by atoms with Gasteiger partial charge in [0.05, 0.1) is 0 Å². The standard InChI is InChI=1S/C13H21F3N2O3/c14-13(15,16)7-4-8-17-12(21)18-10(11(19)20)9-5-2-1-3-6-9/h9-10H,1-8H2,(H,19,20)(H2,17,18,21). The van der Waals surface area contributed by atoms with Crippen LogP contribution in [0.4, 0.5) is 18.0 Å². The third-order valence-corrected chi connectivity index (χ3v) is 3.60. The van der Waals surface area contributed by atoms with Crippen LogP contribution in [-0.4, -0.2) is 35.9 Å². The maximum absolute atomic E-state index is 11.9. The van der Waals surface area contributed by atoms with Crippen LogP contribution in [0.3, 0.4) is 0 Å². The second kappa shape index (κ2) is 8.09. The van der Waals surface area contributed by atoms with E-state index in [-0.39, 0.29) is 18.9 Å². The molecule has 1 atom stereocenters. The summed E-state index contributed by atoms with van der Waals surface area (Å²) in [5, 5.41) is 13.8. The first-order valence-corrected chi connectivity index (χ1v) is 7.13. The number of hydrogen-bond acceptors (Lipinski definition) is 2. The monoisotopic (exact) mass is 310 g/mol. The Hall–Kier alpha value is -1.47. The molecule has 21 heavy (non-hydrogen) atoms. The molecule has 1 saturated carbocycles. The smallest absolute Gasteiger partial charge is 0.389 e. The zero-order valence-corrected chi connectivity index (χ0v) is 11.7. The van der Waals surface area contributed by atoms with Crippen molar-refractivity contribution in [2.75, 3.05) is 6.54 Å². The van der Waals surface area contributed by atoms with Crippen molar-refractivity contribution in [2.24, 2.45) is 5.92 Å². The number of urea groups is 1. The summed E-state index contributed by atoms with van der Waals surface area (Å²) in [4.78, 5) is 22.8. The van der Waals surface area contributed by atoms with E-state index >= 15 is 0 Å². The maximum atomic E-state index is 11.9. The molecule has 3 N–H and O–H groups in total. The van der Waals surface area contributed by atoms with Crippen molar-refractivity contribution in [2.45, 2.75) is 57.2 Å². The molecule has 1 fully saturated rings. The quantitative estimate of drug-likeness (QED) is 0.660. The van der Waals surface area contributed by atoms with Crippen LogP contribution in [0.1, 0.15) is 44.9 Å². The van der Waals surface area contributed by atoms with E-state index in [0.29, 0.717) is 0 Å². The molecule has 0 aliphatic heterocycles. The third kappa shape index (κ3) is 7.19. The summed E-state index contributed by atoms with van der Waals surface area (Å²) in [5.74, 6) is -1.22. The molecule has 0 heterocycles. The van der Waals surface area contributed by atoms with Gasteiger partial charge in [-0.3, -0.25) is 0 Å². The van der Waals surface area contributed by atoms with Gasteiger partial charge in [0.25, 0.3) is 0 Å². The highest BCUT2D eigenvalue weighted by Gasteiger charge is 2.31. The number of alkyl halides is 3. The summed E-state index contributed by atoms with van der Waals surface area (Å²) >= 11 is 0. The van der Waals surface area contributed by atoms with Gasteiger partial charge in [0.15, 0.2) is 0 Å². The lowest BCUT2D eigenvalue weighted by molar-refractivity contribution is -0.141. The Morgan fingerprint density at radius 2 is 1.81 bits per heavy atom. The average molecular weight is 310 g/mol. The Balaban J connectivity index is 2.33. The zero-order chi connectivity index (χ0) is 15.9. The third-order valence-electron chi connectivity index (χ3n) is 3.60. The van der Waals surface area contributed by atoms with E-state index < -0.39 is 30.6 Å². The molecule has 0 radical (unpaired) electrons. The fourth-order valence-corrected chi connectivity index (χ4v) is 2.53. The molecule has 1 aliphatic carbocycles. The number of halogens is 3. The normalized spacial score (nSPS) is 18.0. The number of rotatable bonds is 6. The number of nitrogens with one attached hydrogen (secondary N) is 2. The van der Waals surface area contributed by atoms with Crippen molar-refractivity contribution >= 4 is 12.0 Å². The molecule has 1 aliphatic rings. The van der Waals surface area contributed by atoms with Crippen LogP contribution in [-0.2, 0) is 4.79 Å². The topological polar surface area (TPSA) is 78.4 Å². The molecule has 2 amide bonds. The Kier molecular flexibility index (Phi) is 6.77. The maximum Gasteiger partial charge on any atom is 0.389 e. The molecule has 0 saturated heterocycles. The van der Waals surface area contributed by atoms with Gasteiger partial charge in [-0.2, -0.15) is 13.2 Å². The van der Waals surface area contributed by atoms with Crippen LogP contribution in [0.2, 0.25) is 0 Å². The predicted octanol–water partition coefficient (Wildman–Crippen LogP) is 2.66. The van der Waals surface area contributed by atoms with Crippen molar-refractivity contribution < 1.29 is 27.9 Å². The molecule has 0 aromatic rings. The van der Waals surface area contributed by atoms with E-state index in [2.05, 4.69) is 10.6 Å². The first-order valence-electron chi connectivity index (χ1n) is 7.13. The lowest BCUT2D eigenvalue weighted by atomic mass is 9.84. The van der Waals surface area contributed by atoms with Crippen LogP contribution < -0.4 is 10.6 Å². The summed E-state index contributed by atoms with van der Waals surface area (Å²) < 4.78 is 35.8. The van der Waals surface area contributed by atoms with E-state index in [0.717, 1.165) is 32.1 Å². The Labute approximate surface area is 121 Å². The lowest BCUT2D eigenvalue weighted by Crippen LogP contribution is -2.50. The highest BCUT2D eigenvalue weighted by Crippen LogP contribution is 2.26. The number of carbonyl (C=O) groups excluding carboxylic acids is 1. The molecular formula is C13H21F3N2O3. The molecule has 122 valence electrons. The van der Waals surface area contributed by atoms with Gasteiger partial charge in [-0.15, -0.1) is 0 Å². The minimum absolute atomic E-state index is 0.114. The van der Waals surface area contributed by atoms with Crippen molar-refractivity contribution in [1.82, 2.24) is 10.6 Å². The van der Waals surface area contributed by atoms with Gasteiger partial charge in [-0.1, -0.05) is 19.3 Å². The molecule has 0 spiro atoms. The van der Waals surface area contributed by atoms with Gasteiger partial charge in [0, 0.05) is 13.0 Å². The van der Waals surface area contributed by atoms with Gasteiger partial charge in [0.2, 0.25) is 0 Å². The molecule has 1 rings (SSSR count). The zero-order valence-electron chi connectivity index (χ0n) is 11.7. The minimum Gasteiger partial charge on any atom is -0.480 e. The van der Waals surface area contributed by atoms with Gasteiger partial charge in [0.1, 0.15) is 6.04 Å². The molecule has 5 nitrogen and oxygen atoms in total. The predicted molar refractivity (Wildman–Crippen MR) is 69.8 cm³/mol. The average Bonchev–Trinajstić information content (AvgIpc) is 2.40. The van der Waals surface area contributed by atoms with Gasteiger partial charge in [-0.25, -0.2) is 9.59 Å². The number of hydrogen-bond donors (Lipinski definition) is 3. The van der Waals surface area contributed by atoms with Crippen LogP contribution >= 0.6 is 0 Å². The fraction of sp³-hybridized carbons (Fsp3) is 0.846. The van der Waals surface area contributed by atoms with E-state index in [1.807, 2.05) is 0 Å². The second-order valence-corrected chi connectivity index (χ2v) is 5.33. The number of aliphatic carboxylic acids is 1. The summed E-state index contributed by atoms with van der Waals surface area (Å²) in [5.41, 5.74) is 0. The second-order valence-electron chi connectivity index (χ2n) is 5.33. The van der Waals surface area contributed by atoms with Crippen molar-refractivity contribution in [3.63, 3.8) is 0 Å². The van der Waals surface area contributed by atoms with Crippen LogP contribution in [0.15, 0.2) is 0 Å². The van der Waals surface area contributed by atoms with Gasteiger partial charge in [-0.05, 0) is 25.2 Å². The Morgan fingerprint density at radius 1 is 1.19 bits per heavy atom. The molecule has 0 aromatic carbocycles. The van der Waals surface area contributed by atoms with Gasteiger partial charge < -0.3 is 15.7 Å². The summed E-state index contributed by atoms with van der Waals surface area (Å²) in [6.07, 6.45) is -1.03. The number of carboxylic acid groups (broad SMARTS) is 1. The largest absolute Gasteiger partial charge is 0.480 e. The summed E-state index contributed by atoms with van der Waals surface area (Å²) in [6, 6.07) is -1.71. The van der Waals surface area contributed by atoms with Crippen molar-refractivity contribution in [3.8, 4) is 0 Å². The highest BCUT2D eigenvalue weighted by molar-refractivity contribution is 5.82. The van der Waals surface area contributed by atoms with E-state index in [4.69, 9.17) is 5.11 Å². The van der Waals surface area contributed by atoms with Crippen molar-refractivity contribution in [3.05, 3.63) is 0 Å². The Morgan fingerprint density at radius 3 is 2.33 bits per heavy atom. The summed E-state index contributed by atoms with van der Waals surface area (Å²) in [6.45, 7) is -0.137. The first-order chi connectivity index (χ1) is 9.79. The molecule has 1 unspecified atom stereocenters. The fourth-order valence-electron chi connectivity index (χ4n) is 2.53. The minimum atomic E-state index is -4.25. The molecule has 0 bridgehead atoms. The van der Waals surface area contributed by atoms with Crippen LogP contribution in [0, 0.1) is 5.92 Å². The SMILES string of the molecule is O=C(NCCCC(F)(F)F)NC(C(=O)O)C1CCCCC1. The van der Waals surface area contributed by atoms with E-state index in [1.165, 1.54) is 0 Å². The van der Waals surface area contributed by atoms with Crippen LogP contribution in [0.25, 0.3) is 0 Å². The van der Waals surface area contributed by atoms with Crippen molar-refractivity contribution in [1.29, 1.82) is 0 Å². The number of amides is 2. The number of carbonyl (C=O) groups is 2. The van der Waals surface area contributed by atoms with E-state index in [9.17, 15) is 22.8 Å². The summed E-state index contributed by atoms with van der Waals surface area (Å²) in [7, 11) is 0.